The summed E-state index contributed by atoms with van der Waals surface area (Å²) >= 11 is 0. The summed E-state index contributed by atoms with van der Waals surface area (Å²) in [5.74, 6) is 0. The smallest absolute Gasteiger partial charge is 0.0956 e. The minimum Gasteiger partial charge on any atom is -0.309 e. The Morgan fingerprint density at radius 3 is 1.73 bits per heavy atom. The number of aliphatic imine (C=N–C) groups is 1. The average Bonchev–Trinajstić information content (AvgIpc) is 3.56. The van der Waals surface area contributed by atoms with Crippen molar-refractivity contribution < 1.29 is 0 Å². The Bertz CT molecular complexity index is 2290. The zero-order valence-electron chi connectivity index (χ0n) is 29.3. The van der Waals surface area contributed by atoms with E-state index in [1.807, 2.05) is 6.92 Å². The van der Waals surface area contributed by atoms with Gasteiger partial charge in [-0.3, -0.25) is 4.99 Å². The summed E-state index contributed by atoms with van der Waals surface area (Å²) in [5.41, 5.74) is 13.2. The van der Waals surface area contributed by atoms with Crippen molar-refractivity contribution in [2.24, 2.45) is 10.4 Å². The summed E-state index contributed by atoms with van der Waals surface area (Å²) in [6.07, 6.45) is 5.14. The molecule has 3 nitrogen and oxygen atoms in total. The van der Waals surface area contributed by atoms with Gasteiger partial charge in [0.05, 0.1) is 33.6 Å². The van der Waals surface area contributed by atoms with Crippen molar-refractivity contribution in [2.45, 2.75) is 60.3 Å². The number of aromatic nitrogens is 2. The number of rotatable bonds is 6. The van der Waals surface area contributed by atoms with Crippen LogP contribution in [0.3, 0.4) is 0 Å². The van der Waals surface area contributed by atoms with E-state index in [-0.39, 0.29) is 10.8 Å². The van der Waals surface area contributed by atoms with E-state index in [2.05, 4.69) is 184 Å². The highest BCUT2D eigenvalue weighted by atomic mass is 15.0. The highest BCUT2D eigenvalue weighted by Gasteiger charge is 2.26. The van der Waals surface area contributed by atoms with Crippen molar-refractivity contribution in [1.29, 1.82) is 0 Å². The summed E-state index contributed by atoms with van der Waals surface area (Å²) in [6, 6.07) is 40.1. The average molecular weight is 628 g/mol. The summed E-state index contributed by atoms with van der Waals surface area (Å²) < 4.78 is 4.81. The molecular weight excluding hydrogens is 583 g/mol. The maximum atomic E-state index is 4.46. The van der Waals surface area contributed by atoms with E-state index in [0.29, 0.717) is 0 Å². The summed E-state index contributed by atoms with van der Waals surface area (Å²) in [6.45, 7) is 20.0. The van der Waals surface area contributed by atoms with Gasteiger partial charge in [0.1, 0.15) is 0 Å². The van der Waals surface area contributed by atoms with E-state index in [9.17, 15) is 0 Å². The predicted octanol–water partition coefficient (Wildman–Crippen LogP) is 12.6. The Morgan fingerprint density at radius 2 is 1.21 bits per heavy atom. The van der Waals surface area contributed by atoms with Crippen LogP contribution in [0.1, 0.15) is 65.3 Å². The van der Waals surface area contributed by atoms with Crippen LogP contribution in [0.15, 0.2) is 120 Å². The fraction of sp³-hybridized carbons (Fsp3) is 0.222. The lowest BCUT2D eigenvalue weighted by Gasteiger charge is -2.28. The van der Waals surface area contributed by atoms with Gasteiger partial charge >= 0.3 is 0 Å². The molecule has 0 N–H and O–H groups in total. The fourth-order valence-corrected chi connectivity index (χ4v) is 7.23. The first kappa shape index (κ1) is 31.4. The van der Waals surface area contributed by atoms with E-state index in [0.717, 1.165) is 34.4 Å². The Balaban J connectivity index is 1.51. The van der Waals surface area contributed by atoms with Gasteiger partial charge in [-0.2, -0.15) is 0 Å². The monoisotopic (exact) mass is 627 g/mol. The zero-order chi connectivity index (χ0) is 33.8. The minimum atomic E-state index is -0.0397. The molecule has 0 fully saturated rings. The van der Waals surface area contributed by atoms with Gasteiger partial charge in [0.2, 0.25) is 0 Å². The first-order valence-corrected chi connectivity index (χ1v) is 17.0. The van der Waals surface area contributed by atoms with Crippen molar-refractivity contribution in [3.05, 3.63) is 132 Å². The normalized spacial score (nSPS) is 12.6. The standard InChI is InChI=1S/C45H45N3/c1-9-16-41-43(46-8)35-19-12-15-22-40(35)47(41)32-25-23-30(24-26-32)36-27-31(45(5,6)7)28-42(37(36)29-44(2,3)4)48-38-20-13-10-17-33(38)34-18-11-14-21-39(34)48/h9-28H,8,29H2,1-7H3/b16-9-. The lowest BCUT2D eigenvalue weighted by molar-refractivity contribution is 0.411. The Hall–Kier alpha value is -5.15. The number of fused-ring (bicyclic) bond motifs is 4. The van der Waals surface area contributed by atoms with Crippen molar-refractivity contribution in [1.82, 2.24) is 9.13 Å². The van der Waals surface area contributed by atoms with E-state index >= 15 is 0 Å². The molecule has 0 aliphatic rings. The largest absolute Gasteiger partial charge is 0.309 e. The molecule has 2 aromatic heterocycles. The predicted molar refractivity (Wildman–Crippen MR) is 209 cm³/mol. The van der Waals surface area contributed by atoms with Crippen LogP contribution in [-0.2, 0) is 11.8 Å². The second-order valence-electron chi connectivity index (χ2n) is 15.2. The third kappa shape index (κ3) is 5.38. The fourth-order valence-electron chi connectivity index (χ4n) is 7.23. The van der Waals surface area contributed by atoms with Crippen LogP contribution in [-0.4, -0.2) is 15.9 Å². The van der Waals surface area contributed by atoms with Crippen LogP contribution in [0.2, 0.25) is 0 Å². The van der Waals surface area contributed by atoms with Crippen LogP contribution in [0.5, 0.6) is 0 Å². The summed E-state index contributed by atoms with van der Waals surface area (Å²) in [5, 5.41) is 3.67. The molecule has 7 aromatic rings. The number of benzene rings is 5. The molecule has 0 aliphatic heterocycles. The van der Waals surface area contributed by atoms with E-state index in [1.165, 1.54) is 49.7 Å². The van der Waals surface area contributed by atoms with Crippen molar-refractivity contribution in [3.8, 4) is 22.5 Å². The second-order valence-corrected chi connectivity index (χ2v) is 15.2. The number of allylic oxidation sites excluding steroid dienone is 1. The molecule has 0 radical (unpaired) electrons. The molecule has 0 spiro atoms. The lowest BCUT2D eigenvalue weighted by atomic mass is 9.79. The van der Waals surface area contributed by atoms with Crippen LogP contribution < -0.4 is 0 Å². The molecule has 0 aliphatic carbocycles. The zero-order valence-corrected chi connectivity index (χ0v) is 29.3. The van der Waals surface area contributed by atoms with Gasteiger partial charge in [-0.15, -0.1) is 0 Å². The second kappa shape index (κ2) is 11.8. The lowest BCUT2D eigenvalue weighted by Crippen LogP contribution is -2.17. The summed E-state index contributed by atoms with van der Waals surface area (Å²) in [7, 11) is 0. The Kier molecular flexibility index (Phi) is 7.75. The van der Waals surface area contributed by atoms with Gasteiger partial charge in [0, 0.05) is 21.8 Å². The number of hydrogen-bond donors (Lipinski definition) is 0. The molecule has 240 valence electrons. The molecule has 3 heteroatoms. The number of para-hydroxylation sites is 3. The van der Waals surface area contributed by atoms with E-state index in [1.54, 1.807) is 0 Å². The van der Waals surface area contributed by atoms with Gasteiger partial charge in [-0.1, -0.05) is 120 Å². The maximum Gasteiger partial charge on any atom is 0.0956 e. The first-order valence-electron chi connectivity index (χ1n) is 17.0. The SMILES string of the molecule is C=Nc1c(/C=C\C)n(-c2ccc(-c3cc(C(C)(C)C)cc(-n4c5ccccc5c5ccccc54)c3CC(C)(C)C)cc2)c2ccccc12. The molecule has 2 heterocycles. The van der Waals surface area contributed by atoms with E-state index in [4.69, 9.17) is 0 Å². The van der Waals surface area contributed by atoms with Gasteiger partial charge < -0.3 is 9.13 Å². The van der Waals surface area contributed by atoms with Gasteiger partial charge in [0.25, 0.3) is 0 Å². The highest BCUT2D eigenvalue weighted by molar-refractivity contribution is 6.09. The number of hydrogen-bond acceptors (Lipinski definition) is 1. The van der Waals surface area contributed by atoms with Gasteiger partial charge in [0.15, 0.2) is 0 Å². The van der Waals surface area contributed by atoms with Crippen LogP contribution >= 0.6 is 0 Å². The molecule has 0 unspecified atom stereocenters. The van der Waals surface area contributed by atoms with E-state index < -0.39 is 0 Å². The quantitative estimate of drug-likeness (QED) is 0.164. The third-order valence-electron chi connectivity index (χ3n) is 9.42. The number of nitrogens with zero attached hydrogens (tertiary/aromatic N) is 3. The molecule has 0 amide bonds. The van der Waals surface area contributed by atoms with Crippen molar-refractivity contribution in [2.75, 3.05) is 0 Å². The molecule has 0 atom stereocenters. The molecule has 0 saturated heterocycles. The van der Waals surface area contributed by atoms with Crippen LogP contribution in [0, 0.1) is 5.41 Å². The van der Waals surface area contributed by atoms with Crippen LogP contribution in [0.4, 0.5) is 5.69 Å². The van der Waals surface area contributed by atoms with Gasteiger partial charge in [-0.25, -0.2) is 0 Å². The highest BCUT2D eigenvalue weighted by Crippen LogP contribution is 2.42. The molecule has 0 bridgehead atoms. The molecule has 7 rings (SSSR count). The molecular formula is C45H45N3. The first-order chi connectivity index (χ1) is 23.0. The minimum absolute atomic E-state index is 0.0397. The van der Waals surface area contributed by atoms with Gasteiger partial charge in [-0.05, 0) is 95.6 Å². The van der Waals surface area contributed by atoms with Crippen molar-refractivity contribution >= 4 is 51.2 Å². The Labute approximate surface area is 284 Å². The topological polar surface area (TPSA) is 22.2 Å². The van der Waals surface area contributed by atoms with Crippen molar-refractivity contribution in [3.63, 3.8) is 0 Å². The molecule has 5 aromatic carbocycles. The maximum absolute atomic E-state index is 4.46. The molecule has 0 saturated carbocycles. The Morgan fingerprint density at radius 1 is 0.667 bits per heavy atom. The summed E-state index contributed by atoms with van der Waals surface area (Å²) in [4.78, 5) is 4.46. The third-order valence-corrected chi connectivity index (χ3v) is 9.42. The molecule has 48 heavy (non-hydrogen) atoms. The van der Waals surface area contributed by atoms with Crippen LogP contribution in [0.25, 0.3) is 61.3 Å².